The first-order valence-corrected chi connectivity index (χ1v) is 12.4. The molecule has 1 fully saturated rings. The van der Waals surface area contributed by atoms with E-state index in [1.807, 2.05) is 45.0 Å². The minimum Gasteiger partial charge on any atom is -0.468 e. The number of carbonyl (C=O) groups is 3. The van der Waals surface area contributed by atoms with Gasteiger partial charge in [-0.3, -0.25) is 9.59 Å². The molecule has 4 rings (SSSR count). The number of allylic oxidation sites excluding steroid dienone is 3. The average Bonchev–Trinajstić information content (AvgIpc) is 3.06. The molecule has 0 unspecified atom stereocenters. The second-order valence-electron chi connectivity index (χ2n) is 9.91. The van der Waals surface area contributed by atoms with Gasteiger partial charge in [-0.25, -0.2) is 4.79 Å². The predicted octanol–water partition coefficient (Wildman–Crippen LogP) is 4.87. The summed E-state index contributed by atoms with van der Waals surface area (Å²) in [5.74, 6) is -2.83. The Morgan fingerprint density at radius 3 is 2.35 bits per heavy atom. The van der Waals surface area contributed by atoms with Crippen LogP contribution in [-0.2, 0) is 23.9 Å². The van der Waals surface area contributed by atoms with Crippen molar-refractivity contribution in [1.82, 2.24) is 5.32 Å². The molecule has 6 nitrogen and oxygen atoms in total. The molecule has 182 valence electrons. The Kier molecular flexibility index (Phi) is 7.24. The smallest absolute Gasteiger partial charge is 0.337 e. The molecule has 0 aromatic heterocycles. The maximum atomic E-state index is 13.8. The quantitative estimate of drug-likeness (QED) is 0.388. The first kappa shape index (κ1) is 24.2. The SMILES string of the molecule is COC(=O)[C@@H]1C(=O)C2=C(C[C@H]1C)NC(C)=C(C(=O)OC1CCCCCC1)[C@H]2c1ccccc1C. The van der Waals surface area contributed by atoms with Gasteiger partial charge in [0.1, 0.15) is 12.0 Å². The number of aryl methyl sites for hydroxylation is 1. The molecule has 1 aliphatic heterocycles. The number of nitrogens with one attached hydrogen (secondary N) is 1. The summed E-state index contributed by atoms with van der Waals surface area (Å²) >= 11 is 0. The molecule has 0 bridgehead atoms. The fourth-order valence-electron chi connectivity index (χ4n) is 5.75. The van der Waals surface area contributed by atoms with Gasteiger partial charge in [0.15, 0.2) is 5.78 Å². The Bertz CT molecular complexity index is 1040. The minimum atomic E-state index is -0.880. The zero-order valence-electron chi connectivity index (χ0n) is 20.6. The summed E-state index contributed by atoms with van der Waals surface area (Å²) in [4.78, 5) is 40.0. The molecular weight excluding hydrogens is 430 g/mol. The highest BCUT2D eigenvalue weighted by Gasteiger charge is 2.47. The van der Waals surface area contributed by atoms with Gasteiger partial charge in [0.25, 0.3) is 0 Å². The van der Waals surface area contributed by atoms with Gasteiger partial charge >= 0.3 is 11.9 Å². The predicted molar refractivity (Wildman–Crippen MR) is 129 cm³/mol. The second-order valence-corrected chi connectivity index (χ2v) is 9.91. The minimum absolute atomic E-state index is 0.104. The van der Waals surface area contributed by atoms with Crippen LogP contribution in [0.15, 0.2) is 46.8 Å². The highest BCUT2D eigenvalue weighted by atomic mass is 16.5. The van der Waals surface area contributed by atoms with Crippen molar-refractivity contribution in [3.8, 4) is 0 Å². The third-order valence-electron chi connectivity index (χ3n) is 7.54. The number of ketones is 1. The van der Waals surface area contributed by atoms with E-state index in [0.29, 0.717) is 23.3 Å². The second kappa shape index (κ2) is 10.2. The molecule has 1 aromatic rings. The van der Waals surface area contributed by atoms with E-state index in [1.165, 1.54) is 20.0 Å². The molecule has 1 N–H and O–H groups in total. The third-order valence-corrected chi connectivity index (χ3v) is 7.54. The average molecular weight is 466 g/mol. The third kappa shape index (κ3) is 4.55. The summed E-state index contributed by atoms with van der Waals surface area (Å²) in [6.07, 6.45) is 6.62. The van der Waals surface area contributed by atoms with Crippen molar-refractivity contribution in [2.24, 2.45) is 11.8 Å². The van der Waals surface area contributed by atoms with Crippen LogP contribution in [0.5, 0.6) is 0 Å². The Labute approximate surface area is 201 Å². The highest BCUT2D eigenvalue weighted by Crippen LogP contribution is 2.46. The van der Waals surface area contributed by atoms with Crippen molar-refractivity contribution >= 4 is 17.7 Å². The number of carbonyl (C=O) groups excluding carboxylic acids is 3. The van der Waals surface area contributed by atoms with E-state index in [9.17, 15) is 14.4 Å². The van der Waals surface area contributed by atoms with E-state index >= 15 is 0 Å². The number of esters is 2. The zero-order valence-corrected chi connectivity index (χ0v) is 20.6. The van der Waals surface area contributed by atoms with Gasteiger partial charge in [0, 0.05) is 22.9 Å². The van der Waals surface area contributed by atoms with Crippen LogP contribution in [0, 0.1) is 18.8 Å². The maximum Gasteiger partial charge on any atom is 0.337 e. The maximum absolute atomic E-state index is 13.8. The van der Waals surface area contributed by atoms with Gasteiger partial charge < -0.3 is 14.8 Å². The fourth-order valence-corrected chi connectivity index (χ4v) is 5.75. The molecule has 1 saturated carbocycles. The summed E-state index contributed by atoms with van der Waals surface area (Å²) in [5.41, 5.74) is 4.31. The first-order valence-electron chi connectivity index (χ1n) is 12.4. The number of dihydropyridines is 1. The molecule has 3 aliphatic rings. The lowest BCUT2D eigenvalue weighted by Gasteiger charge is -2.38. The topological polar surface area (TPSA) is 81.7 Å². The van der Waals surface area contributed by atoms with Crippen molar-refractivity contribution in [2.45, 2.75) is 77.7 Å². The lowest BCUT2D eigenvalue weighted by atomic mass is 9.68. The van der Waals surface area contributed by atoms with Crippen molar-refractivity contribution in [3.63, 3.8) is 0 Å². The normalized spacial score (nSPS) is 25.9. The van der Waals surface area contributed by atoms with E-state index in [0.717, 1.165) is 42.5 Å². The largest absolute Gasteiger partial charge is 0.468 e. The Morgan fingerprint density at radius 2 is 1.71 bits per heavy atom. The van der Waals surface area contributed by atoms with E-state index in [-0.39, 0.29) is 23.8 Å². The first-order chi connectivity index (χ1) is 16.3. The van der Waals surface area contributed by atoms with Crippen LogP contribution in [0.3, 0.4) is 0 Å². The van der Waals surface area contributed by atoms with Crippen LogP contribution in [0.25, 0.3) is 0 Å². The lowest BCUT2D eigenvalue weighted by Crippen LogP contribution is -2.43. The van der Waals surface area contributed by atoms with E-state index in [1.54, 1.807) is 0 Å². The number of methoxy groups -OCH3 is 1. The number of Topliss-reactive ketones (excluding diaryl/α,β-unsaturated/α-hetero) is 1. The van der Waals surface area contributed by atoms with E-state index in [4.69, 9.17) is 9.47 Å². The van der Waals surface area contributed by atoms with Crippen LogP contribution < -0.4 is 5.32 Å². The molecule has 6 heteroatoms. The summed E-state index contributed by atoms with van der Waals surface area (Å²) in [7, 11) is 1.31. The van der Waals surface area contributed by atoms with E-state index in [2.05, 4.69) is 5.32 Å². The molecule has 0 amide bonds. The summed E-state index contributed by atoms with van der Waals surface area (Å²) in [6, 6.07) is 7.80. The van der Waals surface area contributed by atoms with E-state index < -0.39 is 17.8 Å². The van der Waals surface area contributed by atoms with Crippen LogP contribution in [-0.4, -0.2) is 30.9 Å². The molecule has 2 aliphatic carbocycles. The van der Waals surface area contributed by atoms with Crippen LogP contribution in [0.1, 0.15) is 75.8 Å². The van der Waals surface area contributed by atoms with Gasteiger partial charge in [-0.1, -0.05) is 44.0 Å². The molecule has 34 heavy (non-hydrogen) atoms. The molecule has 0 saturated heterocycles. The number of benzene rings is 1. The van der Waals surface area contributed by atoms with Crippen molar-refractivity contribution < 1.29 is 23.9 Å². The zero-order chi connectivity index (χ0) is 24.4. The lowest BCUT2D eigenvalue weighted by molar-refractivity contribution is -0.151. The van der Waals surface area contributed by atoms with Gasteiger partial charge in [-0.2, -0.15) is 0 Å². The van der Waals surface area contributed by atoms with Crippen LogP contribution >= 0.6 is 0 Å². The number of hydrogen-bond acceptors (Lipinski definition) is 6. The summed E-state index contributed by atoms with van der Waals surface area (Å²) in [6.45, 7) is 5.75. The molecule has 1 heterocycles. The Hall–Kier alpha value is -2.89. The molecule has 1 aromatic carbocycles. The van der Waals surface area contributed by atoms with Crippen molar-refractivity contribution in [3.05, 3.63) is 57.9 Å². The molecule has 3 atom stereocenters. The van der Waals surface area contributed by atoms with Gasteiger partial charge in [0.2, 0.25) is 0 Å². The summed E-state index contributed by atoms with van der Waals surface area (Å²) in [5, 5.41) is 3.34. The van der Waals surface area contributed by atoms with Gasteiger partial charge in [-0.15, -0.1) is 0 Å². The van der Waals surface area contributed by atoms with Gasteiger partial charge in [0.05, 0.1) is 12.7 Å². The summed E-state index contributed by atoms with van der Waals surface area (Å²) < 4.78 is 11.0. The Morgan fingerprint density at radius 1 is 1.03 bits per heavy atom. The molecular formula is C28H35NO5. The number of hydrogen-bond donors (Lipinski definition) is 1. The highest BCUT2D eigenvalue weighted by molar-refractivity contribution is 6.12. The van der Waals surface area contributed by atoms with Crippen molar-refractivity contribution in [1.29, 1.82) is 0 Å². The molecule has 0 radical (unpaired) electrons. The Balaban J connectivity index is 1.78. The van der Waals surface area contributed by atoms with Crippen LogP contribution in [0.4, 0.5) is 0 Å². The standard InChI is InChI=1S/C28H35NO5/c1-16-11-9-10-14-20(16)24-23(28(32)34-19-12-7-5-6-8-13-19)18(3)29-21-15-17(2)22(27(31)33-4)26(30)25(21)24/h9-11,14,17,19,22,24,29H,5-8,12-13,15H2,1-4H3/t17-,22+,24-/m1/s1. The monoisotopic (exact) mass is 465 g/mol. The molecule has 0 spiro atoms. The van der Waals surface area contributed by atoms with Crippen molar-refractivity contribution in [2.75, 3.05) is 7.11 Å². The van der Waals surface area contributed by atoms with Gasteiger partial charge in [-0.05, 0) is 63.0 Å². The number of rotatable bonds is 4. The number of ether oxygens (including phenoxy) is 2. The van der Waals surface area contributed by atoms with Crippen LogP contribution in [0.2, 0.25) is 0 Å². The fraction of sp³-hybridized carbons (Fsp3) is 0.536.